The van der Waals surface area contributed by atoms with E-state index in [9.17, 15) is 10.1 Å². The van der Waals surface area contributed by atoms with Gasteiger partial charge in [0.1, 0.15) is 0 Å². The zero-order valence-electron chi connectivity index (χ0n) is 11.0. The Labute approximate surface area is 129 Å². The lowest BCUT2D eigenvalue weighted by Gasteiger charge is -2.04. The van der Waals surface area contributed by atoms with Crippen LogP contribution in [0.1, 0.15) is 17.0 Å². The van der Waals surface area contributed by atoms with E-state index < -0.39 is 4.92 Å². The average molecular weight is 354 g/mol. The number of thioether (sulfide) groups is 1. The zero-order chi connectivity index (χ0) is 14.7. The van der Waals surface area contributed by atoms with Gasteiger partial charge in [-0.3, -0.25) is 10.1 Å². The Morgan fingerprint density at radius 1 is 1.25 bits per heavy atom. The second-order valence-electron chi connectivity index (χ2n) is 4.26. The highest BCUT2D eigenvalue weighted by atomic mass is 79.9. The van der Waals surface area contributed by atoms with Gasteiger partial charge in [-0.1, -0.05) is 17.8 Å². The molecule has 104 valence electrons. The van der Waals surface area contributed by atoms with E-state index in [4.69, 9.17) is 0 Å². The third kappa shape index (κ3) is 3.77. The normalized spacial score (nSPS) is 10.6. The van der Waals surface area contributed by atoms with Crippen molar-refractivity contribution in [3.63, 3.8) is 0 Å². The monoisotopic (exact) mass is 353 g/mol. The van der Waals surface area contributed by atoms with Crippen LogP contribution in [0.25, 0.3) is 0 Å². The van der Waals surface area contributed by atoms with Gasteiger partial charge in [-0.2, -0.15) is 0 Å². The first-order valence-corrected chi connectivity index (χ1v) is 7.61. The number of hydrogen-bond acceptors (Lipinski definition) is 5. The van der Waals surface area contributed by atoms with Crippen molar-refractivity contribution in [2.45, 2.75) is 24.8 Å². The lowest BCUT2D eigenvalue weighted by atomic mass is 10.2. The Hall–Kier alpha value is -1.47. The number of nitrogens with zero attached hydrogens (tertiary/aromatic N) is 3. The third-order valence-electron chi connectivity index (χ3n) is 2.54. The van der Waals surface area contributed by atoms with E-state index >= 15 is 0 Å². The van der Waals surface area contributed by atoms with Crippen molar-refractivity contribution >= 4 is 33.4 Å². The van der Waals surface area contributed by atoms with Gasteiger partial charge in [0.25, 0.3) is 5.69 Å². The molecule has 0 aliphatic carbocycles. The SMILES string of the molecule is Cc1cc(C)nc(SCc2ccc(Br)c([N+](=O)[O-])c2)n1. The van der Waals surface area contributed by atoms with Gasteiger partial charge in [0.15, 0.2) is 5.16 Å². The second kappa shape index (κ2) is 6.32. The number of nitro benzene ring substituents is 1. The summed E-state index contributed by atoms with van der Waals surface area (Å²) < 4.78 is 0.485. The van der Waals surface area contributed by atoms with Gasteiger partial charge >= 0.3 is 0 Å². The second-order valence-corrected chi connectivity index (χ2v) is 6.06. The van der Waals surface area contributed by atoms with Crippen molar-refractivity contribution in [3.8, 4) is 0 Å². The van der Waals surface area contributed by atoms with Crippen LogP contribution in [-0.4, -0.2) is 14.9 Å². The van der Waals surface area contributed by atoms with Crippen LogP contribution >= 0.6 is 27.7 Å². The van der Waals surface area contributed by atoms with Crippen molar-refractivity contribution in [2.75, 3.05) is 0 Å². The Morgan fingerprint density at radius 2 is 1.90 bits per heavy atom. The van der Waals surface area contributed by atoms with Gasteiger partial charge < -0.3 is 0 Å². The van der Waals surface area contributed by atoms with Crippen LogP contribution in [0.4, 0.5) is 5.69 Å². The maximum atomic E-state index is 10.9. The largest absolute Gasteiger partial charge is 0.283 e. The van der Waals surface area contributed by atoms with E-state index in [0.717, 1.165) is 17.0 Å². The molecule has 1 aromatic carbocycles. The highest BCUT2D eigenvalue weighted by molar-refractivity contribution is 9.10. The van der Waals surface area contributed by atoms with Crippen molar-refractivity contribution in [2.24, 2.45) is 0 Å². The van der Waals surface area contributed by atoms with E-state index in [-0.39, 0.29) is 5.69 Å². The van der Waals surface area contributed by atoms with E-state index in [0.29, 0.717) is 15.4 Å². The molecule has 0 bridgehead atoms. The quantitative estimate of drug-likeness (QED) is 0.358. The molecular weight excluding hydrogens is 342 g/mol. The van der Waals surface area contributed by atoms with Crippen LogP contribution in [0.15, 0.2) is 33.9 Å². The van der Waals surface area contributed by atoms with Crippen LogP contribution in [0.3, 0.4) is 0 Å². The Kier molecular flexibility index (Phi) is 4.72. The van der Waals surface area contributed by atoms with Gasteiger partial charge in [0.2, 0.25) is 0 Å². The van der Waals surface area contributed by atoms with Crippen LogP contribution in [0.5, 0.6) is 0 Å². The Balaban J connectivity index is 2.14. The molecule has 0 saturated heterocycles. The zero-order valence-corrected chi connectivity index (χ0v) is 13.4. The lowest BCUT2D eigenvalue weighted by Crippen LogP contribution is -1.94. The van der Waals surface area contributed by atoms with Crippen LogP contribution < -0.4 is 0 Å². The van der Waals surface area contributed by atoms with E-state index in [1.165, 1.54) is 11.8 Å². The standard InChI is InChI=1S/C13H12BrN3O2S/c1-8-5-9(2)16-13(15-8)20-7-10-3-4-11(14)12(6-10)17(18)19/h3-6H,7H2,1-2H3. The number of benzene rings is 1. The predicted octanol–water partition coefficient (Wildman–Crippen LogP) is 4.06. The summed E-state index contributed by atoms with van der Waals surface area (Å²) >= 11 is 4.64. The van der Waals surface area contributed by atoms with Gasteiger partial charge in [0, 0.05) is 23.2 Å². The highest BCUT2D eigenvalue weighted by Crippen LogP contribution is 2.28. The molecule has 0 unspecified atom stereocenters. The highest BCUT2D eigenvalue weighted by Gasteiger charge is 2.12. The molecule has 5 nitrogen and oxygen atoms in total. The van der Waals surface area contributed by atoms with Gasteiger partial charge in [0.05, 0.1) is 9.40 Å². The van der Waals surface area contributed by atoms with Crippen molar-refractivity contribution in [1.82, 2.24) is 9.97 Å². The molecule has 0 spiro atoms. The minimum atomic E-state index is -0.397. The fourth-order valence-corrected chi connectivity index (χ4v) is 2.98. The molecule has 0 aliphatic rings. The molecule has 0 saturated carbocycles. The van der Waals surface area contributed by atoms with Crippen LogP contribution in [0, 0.1) is 24.0 Å². The molecule has 0 amide bonds. The number of hydrogen-bond donors (Lipinski definition) is 0. The molecule has 0 radical (unpaired) electrons. The van der Waals surface area contributed by atoms with Crippen molar-refractivity contribution in [1.29, 1.82) is 0 Å². The summed E-state index contributed by atoms with van der Waals surface area (Å²) in [5, 5.41) is 11.6. The first-order valence-electron chi connectivity index (χ1n) is 5.83. The summed E-state index contributed by atoms with van der Waals surface area (Å²) in [6, 6.07) is 7.03. The topological polar surface area (TPSA) is 68.9 Å². The molecule has 0 N–H and O–H groups in total. The fraction of sp³-hybridized carbons (Fsp3) is 0.231. The Morgan fingerprint density at radius 3 is 2.50 bits per heavy atom. The lowest BCUT2D eigenvalue weighted by molar-refractivity contribution is -0.385. The summed E-state index contributed by atoms with van der Waals surface area (Å²) in [7, 11) is 0. The summed E-state index contributed by atoms with van der Waals surface area (Å²) in [4.78, 5) is 19.2. The molecule has 1 aromatic heterocycles. The first kappa shape index (κ1) is 14.9. The van der Waals surface area contributed by atoms with Crippen molar-refractivity contribution in [3.05, 3.63) is 55.8 Å². The van der Waals surface area contributed by atoms with E-state index in [2.05, 4.69) is 25.9 Å². The molecule has 0 aliphatic heterocycles. The van der Waals surface area contributed by atoms with E-state index in [1.807, 2.05) is 26.0 Å². The van der Waals surface area contributed by atoms with Gasteiger partial charge in [-0.25, -0.2) is 9.97 Å². The maximum Gasteiger partial charge on any atom is 0.283 e. The Bertz CT molecular complexity index is 644. The van der Waals surface area contributed by atoms with Crippen LogP contribution in [-0.2, 0) is 5.75 Å². The minimum absolute atomic E-state index is 0.0736. The maximum absolute atomic E-state index is 10.9. The summed E-state index contributed by atoms with van der Waals surface area (Å²) in [6.07, 6.45) is 0. The first-order chi connectivity index (χ1) is 9.45. The van der Waals surface area contributed by atoms with Gasteiger partial charge in [-0.15, -0.1) is 0 Å². The molecule has 1 heterocycles. The summed E-state index contributed by atoms with van der Waals surface area (Å²) in [5.74, 6) is 0.594. The van der Waals surface area contributed by atoms with E-state index in [1.54, 1.807) is 12.1 Å². The fourth-order valence-electron chi connectivity index (χ4n) is 1.69. The molecule has 0 atom stereocenters. The number of nitro groups is 1. The number of aromatic nitrogens is 2. The van der Waals surface area contributed by atoms with Crippen molar-refractivity contribution < 1.29 is 4.92 Å². The third-order valence-corrected chi connectivity index (χ3v) is 4.13. The number of rotatable bonds is 4. The molecule has 2 rings (SSSR count). The predicted molar refractivity (Wildman–Crippen MR) is 81.9 cm³/mol. The summed E-state index contributed by atoms with van der Waals surface area (Å²) in [6.45, 7) is 3.84. The smallest absolute Gasteiger partial charge is 0.258 e. The number of aryl methyl sites for hydroxylation is 2. The molecule has 20 heavy (non-hydrogen) atoms. The van der Waals surface area contributed by atoms with Gasteiger partial charge in [-0.05, 0) is 47.5 Å². The average Bonchev–Trinajstić information content (AvgIpc) is 2.36. The van der Waals surface area contributed by atoms with Crippen LogP contribution in [0.2, 0.25) is 0 Å². The molecule has 7 heteroatoms. The summed E-state index contributed by atoms with van der Waals surface area (Å²) in [5.41, 5.74) is 2.78. The number of halogens is 1. The molecular formula is C13H12BrN3O2S. The molecule has 2 aromatic rings. The minimum Gasteiger partial charge on any atom is -0.258 e. The molecule has 0 fully saturated rings.